The molecule has 0 aliphatic heterocycles. The number of rotatable bonds is 3. The molecule has 0 aromatic heterocycles. The number of thioether (sulfide) groups is 1. The van der Waals surface area contributed by atoms with Crippen LogP contribution in [0.25, 0.3) is 0 Å². The van der Waals surface area contributed by atoms with Crippen LogP contribution in [0.4, 0.5) is 0 Å². The number of carbonyl (C=O) groups excluding carboxylic acids is 1. The summed E-state index contributed by atoms with van der Waals surface area (Å²) >= 11 is 1.51. The molecule has 0 radical (unpaired) electrons. The molecule has 0 aliphatic rings. The Morgan fingerprint density at radius 3 is 2.18 bits per heavy atom. The van der Waals surface area contributed by atoms with Gasteiger partial charge in [0.1, 0.15) is 6.61 Å². The fourth-order valence-corrected chi connectivity index (χ4v) is 1.57. The van der Waals surface area contributed by atoms with Gasteiger partial charge in [0.15, 0.2) is 5.37 Å². The molecule has 66 valence electrons. The van der Waals surface area contributed by atoms with Gasteiger partial charge >= 0.3 is 5.91 Å². The molecule has 1 atom stereocenters. The zero-order valence-corrected chi connectivity index (χ0v) is 8.31. The van der Waals surface area contributed by atoms with Crippen LogP contribution >= 0.6 is 11.8 Å². The van der Waals surface area contributed by atoms with E-state index in [4.69, 9.17) is 5.11 Å². The van der Waals surface area contributed by atoms with Crippen LogP contribution in [0.1, 0.15) is 6.92 Å². The Morgan fingerprint density at radius 1 is 1.64 bits per heavy atom. The van der Waals surface area contributed by atoms with Gasteiger partial charge in [0.25, 0.3) is 0 Å². The number of hydrogen-bond donors (Lipinski definition) is 1. The summed E-state index contributed by atoms with van der Waals surface area (Å²) in [7, 11) is 3.61. The van der Waals surface area contributed by atoms with E-state index in [-0.39, 0.29) is 22.4 Å². The van der Waals surface area contributed by atoms with E-state index in [1.54, 1.807) is 21.0 Å². The van der Waals surface area contributed by atoms with Crippen LogP contribution in [0.2, 0.25) is 0 Å². The third-order valence-corrected chi connectivity index (χ3v) is 3.18. The van der Waals surface area contributed by atoms with Gasteiger partial charge < -0.3 is 5.11 Å². The highest BCUT2D eigenvalue weighted by atomic mass is 32.2. The highest BCUT2D eigenvalue weighted by Gasteiger charge is 2.31. The molecule has 0 bridgehead atoms. The van der Waals surface area contributed by atoms with Crippen LogP contribution < -0.4 is 0 Å². The maximum atomic E-state index is 11.1. The summed E-state index contributed by atoms with van der Waals surface area (Å²) in [5.41, 5.74) is 0. The fraction of sp³-hybridized carbons (Fsp3) is 0.857. The van der Waals surface area contributed by atoms with Crippen molar-refractivity contribution in [1.82, 2.24) is 0 Å². The van der Waals surface area contributed by atoms with Crippen LogP contribution in [0.5, 0.6) is 0 Å². The summed E-state index contributed by atoms with van der Waals surface area (Å²) < 4.78 is 0.234. The number of aliphatic hydroxyl groups excluding tert-OH is 1. The molecule has 0 aliphatic carbocycles. The molecule has 0 aromatic rings. The Balaban J connectivity index is 4.36. The lowest BCUT2D eigenvalue weighted by Crippen LogP contribution is -2.52. The van der Waals surface area contributed by atoms with Gasteiger partial charge in [-0.05, 0) is 6.26 Å². The topological polar surface area (TPSA) is 37.3 Å². The van der Waals surface area contributed by atoms with Crippen molar-refractivity contribution < 1.29 is 14.4 Å². The molecular formula is C7H16NO2S+. The zero-order valence-electron chi connectivity index (χ0n) is 7.50. The second kappa shape index (κ2) is 4.09. The Bertz CT molecular complexity index is 143. The van der Waals surface area contributed by atoms with E-state index in [0.717, 1.165) is 0 Å². The van der Waals surface area contributed by atoms with Crippen LogP contribution in [-0.2, 0) is 4.79 Å². The first kappa shape index (κ1) is 10.9. The lowest BCUT2D eigenvalue weighted by Gasteiger charge is -2.31. The number of nitrogens with zero attached hydrogens (tertiary/aromatic N) is 1. The fourth-order valence-electron chi connectivity index (χ4n) is 0.745. The number of likely N-dealkylation sites (N-methyl/N-ethyl adjacent to an activating group) is 1. The van der Waals surface area contributed by atoms with Crippen LogP contribution in [0.3, 0.4) is 0 Å². The van der Waals surface area contributed by atoms with Crippen molar-refractivity contribution in [2.45, 2.75) is 12.3 Å². The minimum absolute atomic E-state index is 0.0355. The molecular weight excluding hydrogens is 162 g/mol. The van der Waals surface area contributed by atoms with Crippen molar-refractivity contribution in [3.8, 4) is 0 Å². The van der Waals surface area contributed by atoms with Crippen molar-refractivity contribution in [1.29, 1.82) is 0 Å². The quantitative estimate of drug-likeness (QED) is 0.498. The lowest BCUT2D eigenvalue weighted by molar-refractivity contribution is -0.824. The van der Waals surface area contributed by atoms with Crippen molar-refractivity contribution >= 4 is 17.7 Å². The molecule has 4 heteroatoms. The van der Waals surface area contributed by atoms with Crippen LogP contribution in [0, 0.1) is 0 Å². The maximum Gasteiger partial charge on any atom is 0.311 e. The van der Waals surface area contributed by atoms with E-state index >= 15 is 0 Å². The monoisotopic (exact) mass is 178 g/mol. The summed E-state index contributed by atoms with van der Waals surface area (Å²) in [5.74, 6) is 0.0680. The second-order valence-corrected chi connectivity index (χ2v) is 3.95. The van der Waals surface area contributed by atoms with Crippen molar-refractivity contribution in [3.05, 3.63) is 0 Å². The zero-order chi connectivity index (χ0) is 9.07. The normalized spacial score (nSPS) is 14.6. The summed E-state index contributed by atoms with van der Waals surface area (Å²) in [6.45, 7) is 1.58. The summed E-state index contributed by atoms with van der Waals surface area (Å²) in [5, 5.41) is 8.87. The van der Waals surface area contributed by atoms with Gasteiger partial charge in [-0.2, -0.15) is 0 Å². The van der Waals surface area contributed by atoms with E-state index in [9.17, 15) is 4.79 Å². The maximum absolute atomic E-state index is 11.1. The van der Waals surface area contributed by atoms with Gasteiger partial charge in [-0.1, -0.05) is 11.8 Å². The predicted molar refractivity (Wildman–Crippen MR) is 47.2 cm³/mol. The van der Waals surface area contributed by atoms with Gasteiger partial charge in [0, 0.05) is 0 Å². The molecule has 3 nitrogen and oxygen atoms in total. The van der Waals surface area contributed by atoms with Crippen LogP contribution in [0.15, 0.2) is 0 Å². The van der Waals surface area contributed by atoms with Crippen molar-refractivity contribution in [3.63, 3.8) is 0 Å². The number of carbonyl (C=O) groups is 1. The molecule has 1 N–H and O–H groups in total. The molecule has 0 heterocycles. The molecule has 0 spiro atoms. The molecule has 0 aromatic carbocycles. The van der Waals surface area contributed by atoms with Gasteiger partial charge in [-0.3, -0.25) is 4.48 Å². The molecule has 0 saturated heterocycles. The van der Waals surface area contributed by atoms with Gasteiger partial charge in [0.05, 0.1) is 21.0 Å². The van der Waals surface area contributed by atoms with E-state index in [0.29, 0.717) is 0 Å². The number of amides is 1. The number of aliphatic hydroxyl groups is 1. The Morgan fingerprint density at radius 2 is 2.09 bits per heavy atom. The molecule has 11 heavy (non-hydrogen) atoms. The number of quaternary nitrogens is 1. The van der Waals surface area contributed by atoms with Crippen molar-refractivity contribution in [2.75, 3.05) is 27.0 Å². The summed E-state index contributed by atoms with van der Waals surface area (Å²) in [4.78, 5) is 11.1. The molecule has 0 rings (SSSR count). The Hall–Kier alpha value is -0.0600. The minimum Gasteiger partial charge on any atom is -0.389 e. The van der Waals surface area contributed by atoms with Crippen LogP contribution in [-0.4, -0.2) is 47.8 Å². The van der Waals surface area contributed by atoms with E-state index in [2.05, 4.69) is 0 Å². The first-order chi connectivity index (χ1) is 4.96. The van der Waals surface area contributed by atoms with Gasteiger partial charge in [0.2, 0.25) is 0 Å². The number of hydrogen-bond acceptors (Lipinski definition) is 3. The lowest BCUT2D eigenvalue weighted by atomic mass is 10.4. The minimum atomic E-state index is -0.0486. The first-order valence-electron chi connectivity index (χ1n) is 3.45. The van der Waals surface area contributed by atoms with Gasteiger partial charge in [-0.15, -0.1) is 0 Å². The molecule has 0 fully saturated rings. The third kappa shape index (κ3) is 2.47. The second-order valence-electron chi connectivity index (χ2n) is 2.93. The largest absolute Gasteiger partial charge is 0.389 e. The molecule has 1 unspecified atom stereocenters. The smallest absolute Gasteiger partial charge is 0.311 e. The average molecular weight is 178 g/mol. The highest BCUT2D eigenvalue weighted by Crippen LogP contribution is 2.16. The van der Waals surface area contributed by atoms with E-state index in [1.807, 2.05) is 6.26 Å². The Labute approximate surface area is 72.0 Å². The Kier molecular flexibility index (Phi) is 4.07. The van der Waals surface area contributed by atoms with Crippen molar-refractivity contribution in [2.24, 2.45) is 0 Å². The molecule has 1 amide bonds. The SMILES string of the molecule is CSC(CO)[N+](C)(C)C(C)=O. The van der Waals surface area contributed by atoms with E-state index in [1.165, 1.54) is 11.8 Å². The molecule has 0 saturated carbocycles. The third-order valence-electron chi connectivity index (χ3n) is 1.96. The van der Waals surface area contributed by atoms with Gasteiger partial charge in [-0.25, -0.2) is 4.79 Å². The first-order valence-corrected chi connectivity index (χ1v) is 4.74. The van der Waals surface area contributed by atoms with E-state index < -0.39 is 0 Å². The predicted octanol–water partition coefficient (Wildman–Crippen LogP) is 0.291. The standard InChI is InChI=1S/C7H16NO2S/c1-6(10)8(2,3)7(5-9)11-4/h7,9H,5H2,1-4H3/q+1. The summed E-state index contributed by atoms with van der Waals surface area (Å²) in [6, 6.07) is 0. The average Bonchev–Trinajstić information content (AvgIpc) is 1.89. The summed E-state index contributed by atoms with van der Waals surface area (Å²) in [6.07, 6.45) is 1.89. The highest BCUT2D eigenvalue weighted by molar-refractivity contribution is 7.99.